The van der Waals surface area contributed by atoms with Gasteiger partial charge in [-0.1, -0.05) is 6.07 Å². The highest BCUT2D eigenvalue weighted by molar-refractivity contribution is 6.29. The molecule has 1 N–H and O–H groups in total. The van der Waals surface area contributed by atoms with Crippen LogP contribution in [0.25, 0.3) is 0 Å². The van der Waals surface area contributed by atoms with Crippen molar-refractivity contribution in [3.8, 4) is 0 Å². The minimum atomic E-state index is -1.37. The number of hydrogen-bond donors (Lipinski definition) is 1. The molecule has 0 aliphatic carbocycles. The monoisotopic (exact) mass is 264 g/mol. The molecule has 0 aromatic heterocycles. The summed E-state index contributed by atoms with van der Waals surface area (Å²) in [6, 6.07) is 3.24. The van der Waals surface area contributed by atoms with Gasteiger partial charge in [0.1, 0.15) is 11.2 Å². The van der Waals surface area contributed by atoms with Crippen LogP contribution in [0.15, 0.2) is 18.2 Å². The Kier molecular flexibility index (Phi) is 2.88. The fraction of sp³-hybridized carbons (Fsp3) is 0.308. The first-order valence-corrected chi connectivity index (χ1v) is 5.72. The SMILES string of the molecule is Cc1c(F)cccc1N1C(=O)NC(=O)C(C)(C)C1=O. The van der Waals surface area contributed by atoms with Crippen molar-refractivity contribution >= 4 is 23.5 Å². The molecule has 1 aromatic carbocycles. The van der Waals surface area contributed by atoms with Gasteiger partial charge in [0.05, 0.1) is 5.69 Å². The minimum absolute atomic E-state index is 0.142. The molecule has 100 valence electrons. The summed E-state index contributed by atoms with van der Waals surface area (Å²) >= 11 is 0. The van der Waals surface area contributed by atoms with E-state index < -0.39 is 29.1 Å². The van der Waals surface area contributed by atoms with E-state index in [0.29, 0.717) is 0 Å². The van der Waals surface area contributed by atoms with Crippen molar-refractivity contribution < 1.29 is 18.8 Å². The predicted octanol–water partition coefficient (Wildman–Crippen LogP) is 1.74. The Hall–Kier alpha value is -2.24. The molecular weight excluding hydrogens is 251 g/mol. The number of imide groups is 2. The number of benzene rings is 1. The van der Waals surface area contributed by atoms with Crippen molar-refractivity contribution in [3.05, 3.63) is 29.6 Å². The molecule has 1 aliphatic rings. The number of nitrogens with zero attached hydrogens (tertiary/aromatic N) is 1. The zero-order chi connectivity index (χ0) is 14.4. The van der Waals surface area contributed by atoms with Gasteiger partial charge in [-0.25, -0.2) is 14.1 Å². The van der Waals surface area contributed by atoms with Gasteiger partial charge in [-0.15, -0.1) is 0 Å². The summed E-state index contributed by atoms with van der Waals surface area (Å²) in [4.78, 5) is 36.5. The highest BCUT2D eigenvalue weighted by Crippen LogP contribution is 2.30. The Morgan fingerprint density at radius 3 is 2.47 bits per heavy atom. The van der Waals surface area contributed by atoms with Crippen LogP contribution in [0.4, 0.5) is 14.9 Å². The fourth-order valence-electron chi connectivity index (χ4n) is 1.84. The van der Waals surface area contributed by atoms with Crippen LogP contribution < -0.4 is 10.2 Å². The van der Waals surface area contributed by atoms with Crippen molar-refractivity contribution in [1.82, 2.24) is 5.32 Å². The summed E-state index contributed by atoms with van der Waals surface area (Å²) in [5.74, 6) is -1.85. The molecule has 0 saturated carbocycles. The van der Waals surface area contributed by atoms with Crippen molar-refractivity contribution in [2.45, 2.75) is 20.8 Å². The maximum atomic E-state index is 13.5. The molecule has 0 radical (unpaired) electrons. The average molecular weight is 264 g/mol. The van der Waals surface area contributed by atoms with Crippen molar-refractivity contribution in [2.75, 3.05) is 4.90 Å². The maximum absolute atomic E-state index is 13.5. The third-order valence-electron chi connectivity index (χ3n) is 3.21. The van der Waals surface area contributed by atoms with Crippen LogP contribution in [0.5, 0.6) is 0 Å². The molecule has 1 saturated heterocycles. The van der Waals surface area contributed by atoms with Crippen LogP contribution in [0.2, 0.25) is 0 Å². The van der Waals surface area contributed by atoms with Crippen molar-refractivity contribution in [1.29, 1.82) is 0 Å². The molecule has 0 bridgehead atoms. The Morgan fingerprint density at radius 2 is 1.84 bits per heavy atom. The Balaban J connectivity index is 2.55. The van der Waals surface area contributed by atoms with Crippen molar-refractivity contribution in [3.63, 3.8) is 0 Å². The van der Waals surface area contributed by atoms with Gasteiger partial charge in [-0.3, -0.25) is 14.9 Å². The predicted molar refractivity (Wildman–Crippen MR) is 65.9 cm³/mol. The molecule has 6 heteroatoms. The van der Waals surface area contributed by atoms with Crippen molar-refractivity contribution in [2.24, 2.45) is 5.41 Å². The second-order valence-corrected chi connectivity index (χ2v) is 4.91. The van der Waals surface area contributed by atoms with Gasteiger partial charge in [-0.2, -0.15) is 0 Å². The quantitative estimate of drug-likeness (QED) is 0.786. The molecule has 0 unspecified atom stereocenters. The van der Waals surface area contributed by atoms with Crippen LogP contribution in [0, 0.1) is 18.2 Å². The van der Waals surface area contributed by atoms with Gasteiger partial charge in [0, 0.05) is 5.56 Å². The summed E-state index contributed by atoms with van der Waals surface area (Å²) in [5.41, 5.74) is -1.05. The lowest BCUT2D eigenvalue weighted by Gasteiger charge is -2.35. The summed E-state index contributed by atoms with van der Waals surface area (Å²) < 4.78 is 13.5. The standard InChI is InChI=1S/C13H13FN2O3/c1-7-8(14)5-4-6-9(7)16-11(18)13(2,3)10(17)15-12(16)19/h4-6H,1-3H3,(H,15,17,19). The Labute approximate surface area is 109 Å². The van der Waals surface area contributed by atoms with Gasteiger partial charge in [0.2, 0.25) is 11.8 Å². The van der Waals surface area contributed by atoms with Crippen LogP contribution in [0.3, 0.4) is 0 Å². The number of halogens is 1. The smallest absolute Gasteiger partial charge is 0.276 e. The molecule has 1 heterocycles. The van der Waals surface area contributed by atoms with Gasteiger partial charge in [0.25, 0.3) is 0 Å². The summed E-state index contributed by atoms with van der Waals surface area (Å²) in [6.07, 6.45) is 0. The number of barbiturate groups is 1. The van der Waals surface area contributed by atoms with E-state index in [1.54, 1.807) is 0 Å². The molecular formula is C13H13FN2O3. The highest BCUT2D eigenvalue weighted by atomic mass is 19.1. The number of urea groups is 1. The number of hydrogen-bond acceptors (Lipinski definition) is 3. The topological polar surface area (TPSA) is 66.5 Å². The number of carbonyl (C=O) groups is 3. The van der Waals surface area contributed by atoms with Gasteiger partial charge >= 0.3 is 6.03 Å². The van der Waals surface area contributed by atoms with E-state index >= 15 is 0 Å². The average Bonchev–Trinajstić information content (AvgIpc) is 2.33. The van der Waals surface area contributed by atoms with E-state index in [4.69, 9.17) is 0 Å². The molecule has 2 rings (SSSR count). The number of amides is 4. The molecule has 5 nitrogen and oxygen atoms in total. The second-order valence-electron chi connectivity index (χ2n) is 4.91. The van der Waals surface area contributed by atoms with Gasteiger partial charge in [-0.05, 0) is 32.9 Å². The first-order chi connectivity index (χ1) is 8.76. The lowest BCUT2D eigenvalue weighted by atomic mass is 9.88. The number of anilines is 1. The highest BCUT2D eigenvalue weighted by Gasteiger charge is 2.48. The van der Waals surface area contributed by atoms with Crippen LogP contribution >= 0.6 is 0 Å². The zero-order valence-corrected chi connectivity index (χ0v) is 10.8. The lowest BCUT2D eigenvalue weighted by molar-refractivity contribution is -0.140. The van der Waals surface area contributed by atoms with Crippen LogP contribution in [-0.4, -0.2) is 17.8 Å². The summed E-state index contributed by atoms with van der Waals surface area (Å²) in [6.45, 7) is 4.30. The van der Waals surface area contributed by atoms with Gasteiger partial charge < -0.3 is 0 Å². The molecule has 1 aromatic rings. The third kappa shape index (κ3) is 1.89. The van der Waals surface area contributed by atoms with E-state index in [0.717, 1.165) is 4.90 Å². The fourth-order valence-corrected chi connectivity index (χ4v) is 1.84. The van der Waals surface area contributed by atoms with Gasteiger partial charge in [0.15, 0.2) is 0 Å². The largest absolute Gasteiger partial charge is 0.335 e. The zero-order valence-electron chi connectivity index (χ0n) is 10.8. The normalized spacial score (nSPS) is 18.5. The number of nitrogens with one attached hydrogen (secondary N) is 1. The van der Waals surface area contributed by atoms with Crippen LogP contribution in [0.1, 0.15) is 19.4 Å². The second kappa shape index (κ2) is 4.15. The minimum Gasteiger partial charge on any atom is -0.276 e. The number of rotatable bonds is 1. The van der Waals surface area contributed by atoms with E-state index in [1.807, 2.05) is 0 Å². The number of carbonyl (C=O) groups excluding carboxylic acids is 3. The van der Waals surface area contributed by atoms with E-state index in [2.05, 4.69) is 5.32 Å². The Bertz CT molecular complexity index is 596. The van der Waals surface area contributed by atoms with Crippen LogP contribution in [-0.2, 0) is 9.59 Å². The molecule has 0 spiro atoms. The summed E-state index contributed by atoms with van der Waals surface area (Å²) in [7, 11) is 0. The molecule has 1 fully saturated rings. The van der Waals surface area contributed by atoms with E-state index in [9.17, 15) is 18.8 Å². The van der Waals surface area contributed by atoms with E-state index in [-0.39, 0.29) is 11.3 Å². The maximum Gasteiger partial charge on any atom is 0.335 e. The lowest BCUT2D eigenvalue weighted by Crippen LogP contribution is -2.62. The van der Waals surface area contributed by atoms with E-state index in [1.165, 1.54) is 39.0 Å². The molecule has 4 amide bonds. The molecule has 19 heavy (non-hydrogen) atoms. The first kappa shape index (κ1) is 13.2. The Morgan fingerprint density at radius 1 is 1.21 bits per heavy atom. The first-order valence-electron chi connectivity index (χ1n) is 5.72. The third-order valence-corrected chi connectivity index (χ3v) is 3.21. The molecule has 0 atom stereocenters. The molecule has 1 aliphatic heterocycles. The summed E-state index contributed by atoms with van der Waals surface area (Å²) in [5, 5.41) is 2.10.